The van der Waals surface area contributed by atoms with Crippen molar-refractivity contribution in [1.29, 1.82) is 5.26 Å². The number of rotatable bonds is 6. The molecule has 4 aliphatic rings. The first-order valence-corrected chi connectivity index (χ1v) is 17.6. The molecule has 3 atom stereocenters. The van der Waals surface area contributed by atoms with Gasteiger partial charge in [-0.3, -0.25) is 19.4 Å². The number of alkyl halides is 3. The van der Waals surface area contributed by atoms with Gasteiger partial charge < -0.3 is 10.6 Å². The number of allylic oxidation sites excluding steroid dienone is 9. The van der Waals surface area contributed by atoms with Crippen molar-refractivity contribution in [1.82, 2.24) is 20.0 Å². The Hall–Kier alpha value is -5.44. The average molecular weight is 722 g/mol. The predicted molar refractivity (Wildman–Crippen MR) is 196 cm³/mol. The van der Waals surface area contributed by atoms with Gasteiger partial charge in [0.05, 0.1) is 28.7 Å². The molecule has 0 spiro atoms. The molecular weight excluding hydrogens is 679 g/mol. The third-order valence-electron chi connectivity index (χ3n) is 11.5. The summed E-state index contributed by atoms with van der Waals surface area (Å²) in [5, 5.41) is 28.9. The monoisotopic (exact) mass is 721 g/mol. The second-order valence-corrected chi connectivity index (χ2v) is 16.4. The lowest BCUT2D eigenvalue weighted by atomic mass is 9.61. The second-order valence-electron chi connectivity index (χ2n) is 16.4. The minimum Gasteiger partial charge on any atom is -0.343 e. The number of hydrogen-bond acceptors (Lipinski definition) is 7. The molecule has 0 fully saturated rings. The van der Waals surface area contributed by atoms with Crippen LogP contribution in [0.15, 0.2) is 95.2 Å². The third-order valence-corrected chi connectivity index (χ3v) is 11.5. The maximum atomic E-state index is 14.3. The molecule has 1 aromatic carbocycles. The van der Waals surface area contributed by atoms with Crippen molar-refractivity contribution in [3.63, 3.8) is 0 Å². The number of nitriles is 1. The van der Waals surface area contributed by atoms with E-state index < -0.39 is 28.0 Å². The van der Waals surface area contributed by atoms with Gasteiger partial charge in [0.2, 0.25) is 0 Å². The van der Waals surface area contributed by atoms with E-state index in [4.69, 9.17) is 5.10 Å². The number of H-pyrrole nitrogens is 1. The van der Waals surface area contributed by atoms with Gasteiger partial charge in [-0.2, -0.15) is 28.6 Å². The van der Waals surface area contributed by atoms with Gasteiger partial charge >= 0.3 is 6.18 Å². The van der Waals surface area contributed by atoms with E-state index in [0.29, 0.717) is 71.0 Å². The molecule has 2 aliphatic heterocycles. The van der Waals surface area contributed by atoms with Crippen molar-refractivity contribution >= 4 is 23.2 Å². The molecule has 0 saturated heterocycles. The smallest absolute Gasteiger partial charge is 0.343 e. The average Bonchev–Trinajstić information content (AvgIpc) is 3.70. The highest BCUT2D eigenvalue weighted by atomic mass is 19.4. The number of hydrogen-bond donors (Lipinski definition) is 3. The topological polar surface area (TPSA) is 128 Å². The fourth-order valence-electron chi connectivity index (χ4n) is 8.81. The molecule has 3 N–H and O–H groups in total. The van der Waals surface area contributed by atoms with Crippen molar-refractivity contribution in [3.05, 3.63) is 117 Å². The number of nitrogens with zero attached hydrogens (tertiary/aromatic N) is 4. The molecule has 9 nitrogen and oxygen atoms in total. The van der Waals surface area contributed by atoms with E-state index in [0.717, 1.165) is 29.8 Å². The van der Waals surface area contributed by atoms with Gasteiger partial charge in [0, 0.05) is 64.8 Å². The zero-order valence-electron chi connectivity index (χ0n) is 30.7. The van der Waals surface area contributed by atoms with Crippen molar-refractivity contribution in [2.24, 2.45) is 10.8 Å². The summed E-state index contributed by atoms with van der Waals surface area (Å²) < 4.78 is 41.3. The molecule has 0 saturated carbocycles. The number of carbonyl (C=O) groups is 2. The van der Waals surface area contributed by atoms with Gasteiger partial charge in [0.15, 0.2) is 17.4 Å². The molecule has 2 aliphatic carbocycles. The van der Waals surface area contributed by atoms with Crippen LogP contribution in [0.3, 0.4) is 0 Å². The minimum absolute atomic E-state index is 0.0591. The number of fused-ring (bicyclic) bond motifs is 2. The summed E-state index contributed by atoms with van der Waals surface area (Å²) in [7, 11) is 0. The van der Waals surface area contributed by atoms with Crippen molar-refractivity contribution in [2.75, 3.05) is 10.6 Å². The van der Waals surface area contributed by atoms with Crippen molar-refractivity contribution in [2.45, 2.75) is 90.8 Å². The Bertz CT molecular complexity index is 2280. The van der Waals surface area contributed by atoms with Gasteiger partial charge in [-0.15, -0.1) is 0 Å². The van der Waals surface area contributed by atoms with Crippen LogP contribution < -0.4 is 10.6 Å². The minimum atomic E-state index is -4.45. The van der Waals surface area contributed by atoms with Crippen LogP contribution in [0.2, 0.25) is 0 Å². The summed E-state index contributed by atoms with van der Waals surface area (Å²) in [6.45, 7) is 15.7. The highest BCUT2D eigenvalue weighted by molar-refractivity contribution is 6.03. The van der Waals surface area contributed by atoms with E-state index in [2.05, 4.69) is 47.3 Å². The van der Waals surface area contributed by atoms with Crippen LogP contribution in [0.5, 0.6) is 0 Å². The number of Topliss-reactive ketones (excluding diaryl/α,β-unsaturated/α-hetero) is 2. The molecule has 0 amide bonds. The number of ketones is 2. The number of nitrogens with one attached hydrogen (secondary N) is 3. The highest BCUT2D eigenvalue weighted by Crippen LogP contribution is 2.54. The maximum Gasteiger partial charge on any atom is 0.412 e. The quantitative estimate of drug-likeness (QED) is 0.218. The fourth-order valence-corrected chi connectivity index (χ4v) is 8.81. The first-order valence-electron chi connectivity index (χ1n) is 17.6. The first-order chi connectivity index (χ1) is 24.8. The lowest BCUT2D eigenvalue weighted by Crippen LogP contribution is -2.43. The maximum absolute atomic E-state index is 14.3. The van der Waals surface area contributed by atoms with E-state index in [-0.39, 0.29) is 23.4 Å². The van der Waals surface area contributed by atoms with Crippen molar-refractivity contribution < 1.29 is 22.8 Å². The van der Waals surface area contributed by atoms with E-state index in [1.54, 1.807) is 12.3 Å². The van der Waals surface area contributed by atoms with Crippen LogP contribution in [0.25, 0.3) is 0 Å². The predicted octanol–water partition coefficient (Wildman–Crippen LogP) is 8.48. The molecule has 4 heterocycles. The Labute approximate surface area is 306 Å². The number of aromatic nitrogens is 4. The van der Waals surface area contributed by atoms with Crippen LogP contribution in [0.4, 0.5) is 24.8 Å². The normalized spacial score (nSPS) is 26.7. The number of aromatic amines is 1. The van der Waals surface area contributed by atoms with Crippen molar-refractivity contribution in [3.8, 4) is 6.07 Å². The van der Waals surface area contributed by atoms with Gasteiger partial charge in [-0.1, -0.05) is 57.7 Å². The van der Waals surface area contributed by atoms with Gasteiger partial charge in [0.25, 0.3) is 0 Å². The number of anilines is 2. The van der Waals surface area contributed by atoms with Gasteiger partial charge in [-0.05, 0) is 67.7 Å². The van der Waals surface area contributed by atoms with Gasteiger partial charge in [-0.25, -0.2) is 0 Å². The first kappa shape index (κ1) is 35.9. The van der Waals surface area contributed by atoms with Crippen LogP contribution in [0, 0.1) is 22.2 Å². The summed E-state index contributed by atoms with van der Waals surface area (Å²) in [5.41, 5.74) is 2.50. The summed E-state index contributed by atoms with van der Waals surface area (Å²) in [4.78, 5) is 28.3. The SMILES string of the molecule is C=C(/C=C\C=C(/C)C(F)(F)F)[C@]1(C)C2=C(CC(C)(Cn3cc4c(n3)NC3=C(C(=O)CC(C)(C)C3)[C@@]4(C)c3cccc(C#N)c3)CC2=O)Nc2[nH]ncc21. The summed E-state index contributed by atoms with van der Waals surface area (Å²) in [6, 6.07) is 9.61. The third kappa shape index (κ3) is 5.86. The second kappa shape index (κ2) is 12.0. The molecule has 3 aromatic rings. The number of benzene rings is 1. The number of carbonyl (C=O) groups excluding carboxylic acids is 2. The van der Waals surface area contributed by atoms with E-state index >= 15 is 0 Å². The summed E-state index contributed by atoms with van der Waals surface area (Å²) in [5.74, 6) is 1.18. The zero-order valence-corrected chi connectivity index (χ0v) is 30.7. The fraction of sp³-hybridized carbons (Fsp3) is 0.390. The van der Waals surface area contributed by atoms with E-state index in [1.807, 2.05) is 49.8 Å². The summed E-state index contributed by atoms with van der Waals surface area (Å²) >= 11 is 0. The van der Waals surface area contributed by atoms with E-state index in [9.17, 15) is 28.0 Å². The Morgan fingerprint density at radius 1 is 1.02 bits per heavy atom. The Morgan fingerprint density at radius 2 is 1.74 bits per heavy atom. The largest absolute Gasteiger partial charge is 0.412 e. The van der Waals surface area contributed by atoms with Crippen LogP contribution in [-0.4, -0.2) is 37.7 Å². The lowest BCUT2D eigenvalue weighted by Gasteiger charge is -2.44. The standard InChI is InChI=1S/C41H42F3N7O2/c1-23(10-8-11-24(2)41(42,43)44)39(6)27-20-46-49-35(27)47-30-16-38(5,18-32(53)33(30)39)22-51-21-28-36(50-51)48-29-15-37(3,4)17-31(52)34(29)40(28,7)26-13-9-12-25(14-26)19-45/h8-14,20-21H,1,15-18,22H2,2-7H3,(H,48,50)(H2,46,47,49)/b10-8-,24-11+/t38?,39-,40-/m0/s1. The van der Waals surface area contributed by atoms with Crippen LogP contribution in [-0.2, 0) is 27.0 Å². The zero-order chi connectivity index (χ0) is 38.3. The molecule has 274 valence electrons. The Kier molecular flexibility index (Phi) is 8.17. The molecule has 53 heavy (non-hydrogen) atoms. The molecule has 1 unspecified atom stereocenters. The van der Waals surface area contributed by atoms with Gasteiger partial charge in [0.1, 0.15) is 5.82 Å². The summed E-state index contributed by atoms with van der Waals surface area (Å²) in [6.07, 6.45) is 4.66. The molecular formula is C41H42F3N7O2. The molecule has 2 aromatic heterocycles. The lowest BCUT2D eigenvalue weighted by molar-refractivity contribution is -0.119. The molecule has 0 bridgehead atoms. The Balaban J connectivity index is 1.25. The highest BCUT2D eigenvalue weighted by Gasteiger charge is 2.51. The molecule has 7 rings (SSSR count). The van der Waals surface area contributed by atoms with Crippen LogP contribution in [0.1, 0.15) is 89.5 Å². The molecule has 12 heteroatoms. The molecule has 0 radical (unpaired) electrons. The number of halogens is 3. The van der Waals surface area contributed by atoms with E-state index in [1.165, 1.54) is 12.2 Å². The van der Waals surface area contributed by atoms with Crippen LogP contribution >= 0.6 is 0 Å². The Morgan fingerprint density at radius 3 is 2.45 bits per heavy atom.